The van der Waals surface area contributed by atoms with E-state index in [1.54, 1.807) is 35.4 Å². The van der Waals surface area contributed by atoms with Gasteiger partial charge in [0.05, 0.1) is 17.5 Å². The maximum Gasteiger partial charge on any atom is 0.253 e. The van der Waals surface area contributed by atoms with Gasteiger partial charge in [0.2, 0.25) is 5.88 Å². The molecule has 7 nitrogen and oxygen atoms in total. The Hall–Kier alpha value is -3.22. The number of carbonyl (C=O) groups excluding carboxylic acids is 1. The lowest BCUT2D eigenvalue weighted by Gasteiger charge is -2.12. The average molecular weight is 377 g/mol. The van der Waals surface area contributed by atoms with Crippen molar-refractivity contribution in [1.82, 2.24) is 25.1 Å². The van der Waals surface area contributed by atoms with Crippen molar-refractivity contribution in [3.8, 4) is 17.1 Å². The van der Waals surface area contributed by atoms with E-state index in [9.17, 15) is 4.79 Å². The summed E-state index contributed by atoms with van der Waals surface area (Å²) < 4.78 is 7.58. The molecule has 0 aromatic carbocycles. The van der Waals surface area contributed by atoms with Crippen LogP contribution in [0.2, 0.25) is 0 Å². The minimum atomic E-state index is -0.180. The SMILES string of the molecule is Cn1cc(-c2ncccc2CNC(=O)c2ccc(OC3CCCC3)nc2)cn1. The van der Waals surface area contributed by atoms with Gasteiger partial charge in [-0.15, -0.1) is 0 Å². The Morgan fingerprint density at radius 2 is 2.07 bits per heavy atom. The van der Waals surface area contributed by atoms with Crippen molar-refractivity contribution in [3.63, 3.8) is 0 Å². The van der Waals surface area contributed by atoms with Crippen LogP contribution in [-0.2, 0) is 13.6 Å². The van der Waals surface area contributed by atoms with Crippen molar-refractivity contribution in [2.24, 2.45) is 7.05 Å². The molecule has 0 saturated heterocycles. The van der Waals surface area contributed by atoms with E-state index in [2.05, 4.69) is 20.4 Å². The minimum absolute atomic E-state index is 0.180. The summed E-state index contributed by atoms with van der Waals surface area (Å²) in [5, 5.41) is 7.13. The molecule has 3 aromatic heterocycles. The van der Waals surface area contributed by atoms with Gasteiger partial charge < -0.3 is 10.1 Å². The highest BCUT2D eigenvalue weighted by Gasteiger charge is 2.17. The van der Waals surface area contributed by atoms with Gasteiger partial charge in [-0.3, -0.25) is 14.5 Å². The lowest BCUT2D eigenvalue weighted by Crippen LogP contribution is -2.23. The van der Waals surface area contributed by atoms with E-state index in [-0.39, 0.29) is 12.0 Å². The van der Waals surface area contributed by atoms with Crippen molar-refractivity contribution in [2.45, 2.75) is 38.3 Å². The zero-order valence-electron chi connectivity index (χ0n) is 15.8. The van der Waals surface area contributed by atoms with Gasteiger partial charge in [0.25, 0.3) is 5.91 Å². The number of nitrogens with one attached hydrogen (secondary N) is 1. The fraction of sp³-hybridized carbons (Fsp3) is 0.333. The van der Waals surface area contributed by atoms with E-state index in [1.807, 2.05) is 25.4 Å². The Kier molecular flexibility index (Phi) is 5.32. The highest BCUT2D eigenvalue weighted by atomic mass is 16.5. The maximum absolute atomic E-state index is 12.5. The average Bonchev–Trinajstić information content (AvgIpc) is 3.39. The van der Waals surface area contributed by atoms with Crippen LogP contribution in [-0.4, -0.2) is 31.8 Å². The molecule has 0 radical (unpaired) electrons. The summed E-state index contributed by atoms with van der Waals surface area (Å²) in [5.74, 6) is 0.399. The number of amides is 1. The summed E-state index contributed by atoms with van der Waals surface area (Å²) in [6.07, 6.45) is 11.8. The molecule has 7 heteroatoms. The van der Waals surface area contributed by atoms with Crippen molar-refractivity contribution in [1.29, 1.82) is 0 Å². The smallest absolute Gasteiger partial charge is 0.253 e. The molecule has 1 aliphatic carbocycles. The molecule has 0 aliphatic heterocycles. The zero-order valence-corrected chi connectivity index (χ0v) is 15.8. The van der Waals surface area contributed by atoms with Crippen LogP contribution in [0.1, 0.15) is 41.6 Å². The molecule has 1 amide bonds. The van der Waals surface area contributed by atoms with Gasteiger partial charge in [-0.2, -0.15) is 5.10 Å². The standard InChI is InChI=1S/C21H23N5O2/c1-26-14-17(13-25-26)20-15(5-4-10-22-20)11-24-21(27)16-8-9-19(23-12-16)28-18-6-2-3-7-18/h4-5,8-10,12-14,18H,2-3,6-7,11H2,1H3,(H,24,27). The lowest BCUT2D eigenvalue weighted by molar-refractivity contribution is 0.0950. The molecule has 0 unspecified atom stereocenters. The lowest BCUT2D eigenvalue weighted by atomic mass is 10.1. The summed E-state index contributed by atoms with van der Waals surface area (Å²) in [6, 6.07) is 7.32. The third-order valence-electron chi connectivity index (χ3n) is 4.90. The summed E-state index contributed by atoms with van der Waals surface area (Å²) in [4.78, 5) is 21.2. The van der Waals surface area contributed by atoms with Crippen LogP contribution >= 0.6 is 0 Å². The number of nitrogens with zero attached hydrogens (tertiary/aromatic N) is 4. The first-order chi connectivity index (χ1) is 13.7. The second-order valence-corrected chi connectivity index (χ2v) is 7.01. The fourth-order valence-corrected chi connectivity index (χ4v) is 3.42. The van der Waals surface area contributed by atoms with E-state index in [1.165, 1.54) is 12.8 Å². The van der Waals surface area contributed by atoms with Crippen LogP contribution in [0.4, 0.5) is 0 Å². The highest BCUT2D eigenvalue weighted by molar-refractivity contribution is 5.93. The number of carbonyl (C=O) groups is 1. The number of aryl methyl sites for hydroxylation is 1. The normalized spacial score (nSPS) is 14.2. The van der Waals surface area contributed by atoms with Crippen LogP contribution in [0, 0.1) is 0 Å². The fourth-order valence-electron chi connectivity index (χ4n) is 3.42. The van der Waals surface area contributed by atoms with Gasteiger partial charge in [0, 0.05) is 43.8 Å². The van der Waals surface area contributed by atoms with Gasteiger partial charge in [-0.1, -0.05) is 6.07 Å². The molecule has 4 rings (SSSR count). The Balaban J connectivity index is 1.39. The van der Waals surface area contributed by atoms with Gasteiger partial charge in [-0.05, 0) is 43.4 Å². The zero-order chi connectivity index (χ0) is 19.3. The van der Waals surface area contributed by atoms with Crippen LogP contribution in [0.5, 0.6) is 5.88 Å². The number of ether oxygens (including phenoxy) is 1. The van der Waals surface area contributed by atoms with Gasteiger partial charge in [0.1, 0.15) is 6.10 Å². The number of rotatable bonds is 6. The van der Waals surface area contributed by atoms with E-state index in [4.69, 9.17) is 4.74 Å². The Morgan fingerprint density at radius 1 is 1.21 bits per heavy atom. The topological polar surface area (TPSA) is 81.9 Å². The van der Waals surface area contributed by atoms with Crippen LogP contribution < -0.4 is 10.1 Å². The molecule has 1 N–H and O–H groups in total. The molecule has 1 saturated carbocycles. The van der Waals surface area contributed by atoms with Gasteiger partial charge >= 0.3 is 0 Å². The van der Waals surface area contributed by atoms with Crippen molar-refractivity contribution in [2.75, 3.05) is 0 Å². The number of hydrogen-bond donors (Lipinski definition) is 1. The third-order valence-corrected chi connectivity index (χ3v) is 4.90. The molecule has 3 heterocycles. The molecule has 1 fully saturated rings. The first kappa shape index (κ1) is 18.2. The van der Waals surface area contributed by atoms with E-state index in [0.29, 0.717) is 18.0 Å². The summed E-state index contributed by atoms with van der Waals surface area (Å²) in [6.45, 7) is 0.372. The predicted octanol–water partition coefficient (Wildman–Crippen LogP) is 3.13. The summed E-state index contributed by atoms with van der Waals surface area (Å²) in [5.41, 5.74) is 3.17. The first-order valence-electron chi connectivity index (χ1n) is 9.53. The first-order valence-corrected chi connectivity index (χ1v) is 9.53. The molecule has 1 aliphatic rings. The number of pyridine rings is 2. The monoisotopic (exact) mass is 377 g/mol. The molecular weight excluding hydrogens is 354 g/mol. The molecule has 144 valence electrons. The Morgan fingerprint density at radius 3 is 2.79 bits per heavy atom. The van der Waals surface area contributed by atoms with Crippen molar-refractivity contribution >= 4 is 5.91 Å². The molecule has 3 aromatic rings. The van der Waals surface area contributed by atoms with Crippen LogP contribution in [0.15, 0.2) is 49.1 Å². The van der Waals surface area contributed by atoms with E-state index < -0.39 is 0 Å². The van der Waals surface area contributed by atoms with Gasteiger partial charge in [0.15, 0.2) is 0 Å². The van der Waals surface area contributed by atoms with Crippen LogP contribution in [0.25, 0.3) is 11.3 Å². The van der Waals surface area contributed by atoms with Gasteiger partial charge in [-0.25, -0.2) is 4.98 Å². The van der Waals surface area contributed by atoms with Crippen molar-refractivity contribution in [3.05, 3.63) is 60.2 Å². The highest BCUT2D eigenvalue weighted by Crippen LogP contribution is 2.23. The largest absolute Gasteiger partial charge is 0.474 e. The Bertz CT molecular complexity index is 945. The molecule has 28 heavy (non-hydrogen) atoms. The number of hydrogen-bond acceptors (Lipinski definition) is 5. The molecule has 0 atom stereocenters. The van der Waals surface area contributed by atoms with Crippen LogP contribution in [0.3, 0.4) is 0 Å². The summed E-state index contributed by atoms with van der Waals surface area (Å²) >= 11 is 0. The summed E-state index contributed by atoms with van der Waals surface area (Å²) in [7, 11) is 1.86. The molecule has 0 bridgehead atoms. The second kappa shape index (κ2) is 8.21. The van der Waals surface area contributed by atoms with E-state index >= 15 is 0 Å². The maximum atomic E-state index is 12.5. The molecular formula is C21H23N5O2. The van der Waals surface area contributed by atoms with E-state index in [0.717, 1.165) is 29.7 Å². The quantitative estimate of drug-likeness (QED) is 0.714. The Labute approximate surface area is 163 Å². The third kappa shape index (κ3) is 4.19. The predicted molar refractivity (Wildman–Crippen MR) is 105 cm³/mol. The van der Waals surface area contributed by atoms with Crippen molar-refractivity contribution < 1.29 is 9.53 Å². The number of aromatic nitrogens is 4. The second-order valence-electron chi connectivity index (χ2n) is 7.01. The minimum Gasteiger partial charge on any atom is -0.474 e. The molecule has 0 spiro atoms.